The number of benzene rings is 4. The molecule has 3 amide bonds. The summed E-state index contributed by atoms with van der Waals surface area (Å²) < 4.78 is 33.6. The van der Waals surface area contributed by atoms with Crippen LogP contribution in [0.15, 0.2) is 102 Å². The van der Waals surface area contributed by atoms with Crippen molar-refractivity contribution in [2.45, 2.75) is 24.3 Å². The summed E-state index contributed by atoms with van der Waals surface area (Å²) in [5.74, 6) is 0.272. The zero-order valence-electron chi connectivity index (χ0n) is 21.1. The monoisotopic (exact) mass is 531 g/mol. The maximum absolute atomic E-state index is 13.7. The van der Waals surface area contributed by atoms with Gasteiger partial charge in [-0.2, -0.15) is 0 Å². The standard InChI is InChI=1S/C29H29N3O5S/c1-3-32(23-16-18-24(37-2)19-17-23)28(33)26(20-21-10-5-4-6-11-21)30-29(34)31-38(35,36)27-15-9-13-22-12-7-8-14-25(22)27/h4-19,26H,3,20H2,1-2H3,(H2,30,31,34). The van der Waals surface area contributed by atoms with Gasteiger partial charge in [0.15, 0.2) is 0 Å². The van der Waals surface area contributed by atoms with Crippen molar-refractivity contribution in [2.24, 2.45) is 0 Å². The SMILES string of the molecule is CCN(C(=O)C(Cc1ccccc1)NC(=O)NS(=O)(=O)c1cccc2ccccc12)c1ccc(OC)cc1. The number of amides is 3. The summed E-state index contributed by atoms with van der Waals surface area (Å²) in [5, 5.41) is 3.82. The molecule has 0 radical (unpaired) electrons. The zero-order valence-corrected chi connectivity index (χ0v) is 21.9. The minimum atomic E-state index is -4.22. The molecule has 4 aromatic rings. The van der Waals surface area contributed by atoms with Gasteiger partial charge in [-0.05, 0) is 48.2 Å². The first kappa shape index (κ1) is 26.7. The summed E-state index contributed by atoms with van der Waals surface area (Å²) in [6.45, 7) is 2.17. The Balaban J connectivity index is 1.59. The molecule has 9 heteroatoms. The first-order valence-corrected chi connectivity index (χ1v) is 13.6. The van der Waals surface area contributed by atoms with Crippen molar-refractivity contribution in [1.29, 1.82) is 0 Å². The Bertz CT molecular complexity index is 1520. The molecule has 4 rings (SSSR count). The number of methoxy groups -OCH3 is 1. The number of carbonyl (C=O) groups excluding carboxylic acids is 2. The highest BCUT2D eigenvalue weighted by molar-refractivity contribution is 7.90. The van der Waals surface area contributed by atoms with E-state index in [4.69, 9.17) is 4.74 Å². The Labute approximate surface area is 222 Å². The highest BCUT2D eigenvalue weighted by Crippen LogP contribution is 2.23. The largest absolute Gasteiger partial charge is 0.497 e. The molecule has 0 aromatic heterocycles. The minimum absolute atomic E-state index is 0.0231. The van der Waals surface area contributed by atoms with Crippen LogP contribution in [0.5, 0.6) is 5.75 Å². The fourth-order valence-corrected chi connectivity index (χ4v) is 5.41. The third kappa shape index (κ3) is 6.12. The molecule has 0 saturated carbocycles. The lowest BCUT2D eigenvalue weighted by molar-refractivity contribution is -0.120. The van der Waals surface area contributed by atoms with Gasteiger partial charge in [0.1, 0.15) is 11.8 Å². The third-order valence-corrected chi connectivity index (χ3v) is 7.51. The average Bonchev–Trinajstić information content (AvgIpc) is 2.93. The highest BCUT2D eigenvalue weighted by Gasteiger charge is 2.29. The van der Waals surface area contributed by atoms with E-state index in [0.717, 1.165) is 10.9 Å². The van der Waals surface area contributed by atoms with E-state index < -0.39 is 22.1 Å². The Morgan fingerprint density at radius 3 is 2.21 bits per heavy atom. The molecule has 1 atom stereocenters. The lowest BCUT2D eigenvalue weighted by Gasteiger charge is -2.27. The van der Waals surface area contributed by atoms with Crippen LogP contribution < -0.4 is 19.7 Å². The molecule has 0 heterocycles. The van der Waals surface area contributed by atoms with Gasteiger partial charge in [-0.3, -0.25) is 4.79 Å². The number of nitrogens with zero attached hydrogens (tertiary/aromatic N) is 1. The summed E-state index contributed by atoms with van der Waals surface area (Å²) in [6, 6.07) is 26.1. The molecule has 4 aromatic carbocycles. The van der Waals surface area contributed by atoms with Crippen LogP contribution in [0.1, 0.15) is 12.5 Å². The molecule has 2 N–H and O–H groups in total. The second-order valence-electron chi connectivity index (χ2n) is 8.58. The second-order valence-corrected chi connectivity index (χ2v) is 10.2. The smallest absolute Gasteiger partial charge is 0.329 e. The van der Waals surface area contributed by atoms with Crippen LogP contribution in [0.25, 0.3) is 10.8 Å². The van der Waals surface area contributed by atoms with Gasteiger partial charge < -0.3 is 15.0 Å². The van der Waals surface area contributed by atoms with E-state index in [-0.39, 0.29) is 17.2 Å². The van der Waals surface area contributed by atoms with E-state index in [1.165, 1.54) is 11.0 Å². The van der Waals surface area contributed by atoms with Gasteiger partial charge in [-0.25, -0.2) is 17.9 Å². The van der Waals surface area contributed by atoms with Gasteiger partial charge in [-0.15, -0.1) is 0 Å². The molecule has 0 bridgehead atoms. The number of anilines is 1. The van der Waals surface area contributed by atoms with Gasteiger partial charge in [-0.1, -0.05) is 66.7 Å². The number of fused-ring (bicyclic) bond motifs is 1. The summed E-state index contributed by atoms with van der Waals surface area (Å²) in [4.78, 5) is 28.2. The Morgan fingerprint density at radius 2 is 1.53 bits per heavy atom. The molecular formula is C29H29N3O5S. The van der Waals surface area contributed by atoms with Crippen LogP contribution in [0.4, 0.5) is 10.5 Å². The van der Waals surface area contributed by atoms with Crippen molar-refractivity contribution < 1.29 is 22.7 Å². The number of rotatable bonds is 9. The van der Waals surface area contributed by atoms with E-state index in [1.54, 1.807) is 67.8 Å². The number of sulfonamides is 1. The van der Waals surface area contributed by atoms with Crippen molar-refractivity contribution in [2.75, 3.05) is 18.6 Å². The number of ether oxygens (including phenoxy) is 1. The van der Waals surface area contributed by atoms with Crippen LogP contribution in [-0.2, 0) is 21.2 Å². The summed E-state index contributed by atoms with van der Waals surface area (Å²) >= 11 is 0. The Hall–Kier alpha value is -4.37. The summed E-state index contributed by atoms with van der Waals surface area (Å²) in [5.41, 5.74) is 1.44. The average molecular weight is 532 g/mol. The van der Waals surface area contributed by atoms with E-state index in [9.17, 15) is 18.0 Å². The molecular weight excluding hydrogens is 502 g/mol. The number of hydrogen-bond donors (Lipinski definition) is 2. The quantitative estimate of drug-likeness (QED) is 0.331. The Morgan fingerprint density at radius 1 is 0.868 bits per heavy atom. The number of urea groups is 1. The van der Waals surface area contributed by atoms with Gasteiger partial charge in [0, 0.05) is 24.0 Å². The number of nitrogens with one attached hydrogen (secondary N) is 2. The maximum atomic E-state index is 13.7. The molecule has 0 saturated heterocycles. The molecule has 0 fully saturated rings. The van der Waals surface area contributed by atoms with Crippen molar-refractivity contribution >= 4 is 38.4 Å². The van der Waals surface area contributed by atoms with Crippen LogP contribution in [0.3, 0.4) is 0 Å². The predicted octanol–water partition coefficient (Wildman–Crippen LogP) is 4.50. The molecule has 8 nitrogen and oxygen atoms in total. The van der Waals surface area contributed by atoms with Crippen LogP contribution in [-0.4, -0.2) is 40.1 Å². The normalized spacial score (nSPS) is 11.9. The number of likely N-dealkylation sites (N-methyl/N-ethyl adjacent to an activating group) is 1. The minimum Gasteiger partial charge on any atom is -0.497 e. The van der Waals surface area contributed by atoms with Crippen molar-refractivity contribution in [3.8, 4) is 5.75 Å². The number of carbonyl (C=O) groups is 2. The van der Waals surface area contributed by atoms with Crippen molar-refractivity contribution in [1.82, 2.24) is 10.0 Å². The fraction of sp³-hybridized carbons (Fsp3) is 0.172. The van der Waals surface area contributed by atoms with E-state index in [1.807, 2.05) is 37.3 Å². The van der Waals surface area contributed by atoms with Gasteiger partial charge >= 0.3 is 6.03 Å². The van der Waals surface area contributed by atoms with Gasteiger partial charge in [0.05, 0.1) is 12.0 Å². The second kappa shape index (κ2) is 11.8. The molecule has 196 valence electrons. The first-order valence-electron chi connectivity index (χ1n) is 12.1. The lowest BCUT2D eigenvalue weighted by atomic mass is 10.0. The van der Waals surface area contributed by atoms with Crippen LogP contribution >= 0.6 is 0 Å². The first-order chi connectivity index (χ1) is 18.3. The molecule has 0 aliphatic heterocycles. The summed E-state index contributed by atoms with van der Waals surface area (Å²) in [7, 11) is -2.66. The van der Waals surface area contributed by atoms with E-state index in [2.05, 4.69) is 10.0 Å². The Kier molecular flexibility index (Phi) is 8.28. The summed E-state index contributed by atoms with van der Waals surface area (Å²) in [6.07, 6.45) is 0.175. The van der Waals surface area contributed by atoms with Crippen LogP contribution in [0.2, 0.25) is 0 Å². The fourth-order valence-electron chi connectivity index (χ4n) is 4.26. The van der Waals surface area contributed by atoms with E-state index in [0.29, 0.717) is 23.4 Å². The van der Waals surface area contributed by atoms with Gasteiger partial charge in [0.2, 0.25) is 5.91 Å². The van der Waals surface area contributed by atoms with E-state index >= 15 is 0 Å². The predicted molar refractivity (Wildman–Crippen MR) is 148 cm³/mol. The lowest BCUT2D eigenvalue weighted by Crippen LogP contribution is -2.53. The van der Waals surface area contributed by atoms with Crippen LogP contribution in [0, 0.1) is 0 Å². The molecule has 0 spiro atoms. The molecule has 38 heavy (non-hydrogen) atoms. The molecule has 0 aliphatic carbocycles. The van der Waals surface area contributed by atoms with Crippen molar-refractivity contribution in [3.63, 3.8) is 0 Å². The highest BCUT2D eigenvalue weighted by atomic mass is 32.2. The molecule has 1 unspecified atom stereocenters. The third-order valence-electron chi connectivity index (χ3n) is 6.12. The maximum Gasteiger partial charge on any atom is 0.329 e. The molecule has 0 aliphatic rings. The zero-order chi connectivity index (χ0) is 27.1. The topological polar surface area (TPSA) is 105 Å². The number of hydrogen-bond acceptors (Lipinski definition) is 5. The van der Waals surface area contributed by atoms with Crippen molar-refractivity contribution in [3.05, 3.63) is 103 Å². The van der Waals surface area contributed by atoms with Gasteiger partial charge in [0.25, 0.3) is 10.0 Å².